The summed E-state index contributed by atoms with van der Waals surface area (Å²) in [6.45, 7) is 0.772. The van der Waals surface area contributed by atoms with Crippen molar-refractivity contribution in [1.29, 1.82) is 0 Å². The zero-order chi connectivity index (χ0) is 13.8. The summed E-state index contributed by atoms with van der Waals surface area (Å²) in [4.78, 5) is 8.80. The number of hydrogen-bond donors (Lipinski definition) is 1. The highest BCUT2D eigenvalue weighted by Gasteiger charge is 2.14. The van der Waals surface area contributed by atoms with Crippen molar-refractivity contribution >= 4 is 17.4 Å². The number of benzene rings is 1. The first-order valence-electron chi connectivity index (χ1n) is 7.07. The lowest BCUT2D eigenvalue weighted by atomic mass is 9.96. The number of alkyl halides is 1. The summed E-state index contributed by atoms with van der Waals surface area (Å²) in [5.74, 6) is 1.54. The van der Waals surface area contributed by atoms with Gasteiger partial charge in [0.05, 0.1) is 0 Å². The molecule has 1 aliphatic rings. The predicted octanol–water partition coefficient (Wildman–Crippen LogP) is 3.71. The van der Waals surface area contributed by atoms with E-state index in [0.717, 1.165) is 30.8 Å². The van der Waals surface area contributed by atoms with Crippen LogP contribution in [0.1, 0.15) is 35.2 Å². The van der Waals surface area contributed by atoms with Crippen LogP contribution in [0, 0.1) is 0 Å². The monoisotopic (exact) mass is 287 g/mol. The van der Waals surface area contributed by atoms with Gasteiger partial charge < -0.3 is 5.32 Å². The van der Waals surface area contributed by atoms with E-state index in [9.17, 15) is 0 Å². The second-order valence-corrected chi connectivity index (χ2v) is 5.43. The third kappa shape index (κ3) is 2.93. The Labute approximate surface area is 124 Å². The van der Waals surface area contributed by atoms with Gasteiger partial charge in [-0.3, -0.25) is 0 Å². The van der Waals surface area contributed by atoms with E-state index in [1.807, 2.05) is 12.1 Å². The average molecular weight is 288 g/mol. The molecular formula is C16H18ClN3. The quantitative estimate of drug-likeness (QED) is 0.871. The van der Waals surface area contributed by atoms with E-state index in [0.29, 0.717) is 5.88 Å². The number of halogens is 1. The molecule has 0 aliphatic heterocycles. The molecule has 0 saturated heterocycles. The summed E-state index contributed by atoms with van der Waals surface area (Å²) in [7, 11) is 0. The predicted molar refractivity (Wildman–Crippen MR) is 82.0 cm³/mol. The standard InChI is InChI=1S/C16H18ClN3/c17-9-12-4-3-5-13(8-12)10-18-16-14-6-1-2-7-15(14)19-11-20-16/h3-5,8,11H,1-2,6-7,9-10H2,(H,18,19,20). The summed E-state index contributed by atoms with van der Waals surface area (Å²) in [5.41, 5.74) is 4.89. The van der Waals surface area contributed by atoms with Crippen LogP contribution in [0.3, 0.4) is 0 Å². The van der Waals surface area contributed by atoms with Crippen molar-refractivity contribution in [3.63, 3.8) is 0 Å². The van der Waals surface area contributed by atoms with Crippen LogP contribution in [-0.2, 0) is 25.3 Å². The number of rotatable bonds is 4. The van der Waals surface area contributed by atoms with E-state index >= 15 is 0 Å². The lowest BCUT2D eigenvalue weighted by Crippen LogP contribution is -2.12. The number of anilines is 1. The summed E-state index contributed by atoms with van der Waals surface area (Å²) in [6, 6.07) is 8.33. The first-order chi connectivity index (χ1) is 9.86. The van der Waals surface area contributed by atoms with Gasteiger partial charge in [0.2, 0.25) is 0 Å². The van der Waals surface area contributed by atoms with Crippen molar-refractivity contribution in [3.05, 3.63) is 53.0 Å². The average Bonchev–Trinajstić information content (AvgIpc) is 2.53. The number of hydrogen-bond acceptors (Lipinski definition) is 3. The maximum Gasteiger partial charge on any atom is 0.133 e. The topological polar surface area (TPSA) is 37.8 Å². The fraction of sp³-hybridized carbons (Fsp3) is 0.375. The van der Waals surface area contributed by atoms with Gasteiger partial charge in [0.25, 0.3) is 0 Å². The second kappa shape index (κ2) is 6.23. The van der Waals surface area contributed by atoms with Crippen LogP contribution >= 0.6 is 11.6 Å². The van der Waals surface area contributed by atoms with Crippen LogP contribution in [0.5, 0.6) is 0 Å². The number of nitrogens with zero attached hydrogens (tertiary/aromatic N) is 2. The van der Waals surface area contributed by atoms with E-state index in [1.54, 1.807) is 6.33 Å². The van der Waals surface area contributed by atoms with Gasteiger partial charge in [-0.1, -0.05) is 24.3 Å². The molecule has 104 valence electrons. The van der Waals surface area contributed by atoms with Gasteiger partial charge in [0.1, 0.15) is 12.1 Å². The molecule has 4 heteroatoms. The summed E-state index contributed by atoms with van der Waals surface area (Å²) in [5, 5.41) is 3.45. The number of fused-ring (bicyclic) bond motifs is 1. The number of nitrogens with one attached hydrogen (secondary N) is 1. The maximum absolute atomic E-state index is 5.87. The molecule has 20 heavy (non-hydrogen) atoms. The van der Waals surface area contributed by atoms with Gasteiger partial charge in [-0.15, -0.1) is 11.6 Å². The van der Waals surface area contributed by atoms with Crippen molar-refractivity contribution in [2.24, 2.45) is 0 Å². The van der Waals surface area contributed by atoms with Crippen LogP contribution in [0.15, 0.2) is 30.6 Å². The Morgan fingerprint density at radius 2 is 1.95 bits per heavy atom. The van der Waals surface area contributed by atoms with Crippen LogP contribution in [0.4, 0.5) is 5.82 Å². The highest BCUT2D eigenvalue weighted by Crippen LogP contribution is 2.24. The first kappa shape index (κ1) is 13.4. The van der Waals surface area contributed by atoms with Gasteiger partial charge >= 0.3 is 0 Å². The summed E-state index contributed by atoms with van der Waals surface area (Å²) in [6.07, 6.45) is 6.30. The lowest BCUT2D eigenvalue weighted by Gasteiger charge is -2.18. The molecule has 0 radical (unpaired) electrons. The molecule has 0 fully saturated rings. The molecule has 1 N–H and O–H groups in total. The fourth-order valence-electron chi connectivity index (χ4n) is 2.68. The molecule has 1 aromatic carbocycles. The Balaban J connectivity index is 1.75. The van der Waals surface area contributed by atoms with Crippen LogP contribution < -0.4 is 5.32 Å². The van der Waals surface area contributed by atoms with Crippen molar-refractivity contribution in [3.8, 4) is 0 Å². The minimum Gasteiger partial charge on any atom is -0.366 e. The van der Waals surface area contributed by atoms with Gasteiger partial charge in [-0.25, -0.2) is 9.97 Å². The third-order valence-corrected chi connectivity index (χ3v) is 4.04. The largest absolute Gasteiger partial charge is 0.366 e. The van der Waals surface area contributed by atoms with Crippen LogP contribution in [0.2, 0.25) is 0 Å². The number of aromatic nitrogens is 2. The molecule has 0 spiro atoms. The molecule has 0 saturated carbocycles. The molecule has 1 aliphatic carbocycles. The van der Waals surface area contributed by atoms with Crippen molar-refractivity contribution in [2.75, 3.05) is 5.32 Å². The van der Waals surface area contributed by atoms with Crippen molar-refractivity contribution in [2.45, 2.75) is 38.1 Å². The highest BCUT2D eigenvalue weighted by molar-refractivity contribution is 6.17. The van der Waals surface area contributed by atoms with Crippen LogP contribution in [0.25, 0.3) is 0 Å². The normalized spacial score (nSPS) is 13.8. The zero-order valence-electron chi connectivity index (χ0n) is 11.4. The van der Waals surface area contributed by atoms with E-state index in [2.05, 4.69) is 27.4 Å². The van der Waals surface area contributed by atoms with Gasteiger partial charge in [0.15, 0.2) is 0 Å². The Kier molecular flexibility index (Phi) is 4.16. The van der Waals surface area contributed by atoms with Crippen LogP contribution in [-0.4, -0.2) is 9.97 Å². The minimum atomic E-state index is 0.552. The molecule has 3 rings (SSSR count). The van der Waals surface area contributed by atoms with Crippen molar-refractivity contribution in [1.82, 2.24) is 9.97 Å². The zero-order valence-corrected chi connectivity index (χ0v) is 12.2. The fourth-order valence-corrected chi connectivity index (χ4v) is 2.85. The van der Waals surface area contributed by atoms with E-state index in [1.165, 1.54) is 29.7 Å². The Morgan fingerprint density at radius 1 is 1.10 bits per heavy atom. The van der Waals surface area contributed by atoms with E-state index in [4.69, 9.17) is 11.6 Å². The lowest BCUT2D eigenvalue weighted by molar-refractivity contribution is 0.663. The SMILES string of the molecule is ClCc1cccc(CNc2ncnc3c2CCCC3)c1. The maximum atomic E-state index is 5.87. The van der Waals surface area contributed by atoms with Gasteiger partial charge in [-0.05, 0) is 36.8 Å². The van der Waals surface area contributed by atoms with Crippen molar-refractivity contribution < 1.29 is 0 Å². The smallest absolute Gasteiger partial charge is 0.133 e. The van der Waals surface area contributed by atoms with E-state index < -0.39 is 0 Å². The van der Waals surface area contributed by atoms with Gasteiger partial charge in [-0.2, -0.15) is 0 Å². The molecular weight excluding hydrogens is 270 g/mol. The Bertz CT molecular complexity index is 598. The summed E-state index contributed by atoms with van der Waals surface area (Å²) >= 11 is 5.87. The Morgan fingerprint density at radius 3 is 2.85 bits per heavy atom. The third-order valence-electron chi connectivity index (χ3n) is 3.73. The second-order valence-electron chi connectivity index (χ2n) is 5.16. The molecule has 0 atom stereocenters. The Hall–Kier alpha value is -1.61. The molecule has 1 aromatic heterocycles. The molecule has 0 unspecified atom stereocenters. The first-order valence-corrected chi connectivity index (χ1v) is 7.60. The number of aryl methyl sites for hydroxylation is 1. The molecule has 3 nitrogen and oxygen atoms in total. The molecule has 0 amide bonds. The summed E-state index contributed by atoms with van der Waals surface area (Å²) < 4.78 is 0. The highest BCUT2D eigenvalue weighted by atomic mass is 35.5. The van der Waals surface area contributed by atoms with E-state index in [-0.39, 0.29) is 0 Å². The molecule has 2 aromatic rings. The molecule has 1 heterocycles. The minimum absolute atomic E-state index is 0.552. The van der Waals surface area contributed by atoms with Gasteiger partial charge in [0, 0.05) is 23.7 Å². The molecule has 0 bridgehead atoms.